The summed E-state index contributed by atoms with van der Waals surface area (Å²) in [4.78, 5) is 195. The summed E-state index contributed by atoms with van der Waals surface area (Å²) in [5, 5.41) is 73.0. The number of likely N-dealkylation sites (tertiary alicyclic amines) is 1. The lowest BCUT2D eigenvalue weighted by Gasteiger charge is -2.31. The molecule has 2 aliphatic heterocycles. The third kappa shape index (κ3) is 33.7. The van der Waals surface area contributed by atoms with Crippen LogP contribution in [-0.4, -0.2) is 244 Å². The zero-order valence-electron chi connectivity index (χ0n) is 57.9. The second kappa shape index (κ2) is 46.4. The van der Waals surface area contributed by atoms with Crippen LogP contribution in [0.2, 0.25) is 0 Å². The molecule has 2 fully saturated rings. The number of carboxylic acid groups (broad SMARTS) is 2. The van der Waals surface area contributed by atoms with Gasteiger partial charge in [-0.05, 0) is 133 Å². The van der Waals surface area contributed by atoms with Gasteiger partial charge in [0.15, 0.2) is 11.9 Å². The van der Waals surface area contributed by atoms with E-state index in [0.29, 0.717) is 24.8 Å². The normalized spacial score (nSPS) is 16.6. The van der Waals surface area contributed by atoms with Gasteiger partial charge in [0, 0.05) is 38.9 Å². The highest BCUT2D eigenvalue weighted by molar-refractivity contribution is 6.00. The van der Waals surface area contributed by atoms with Crippen LogP contribution in [-0.2, 0) is 73.5 Å². The van der Waals surface area contributed by atoms with Crippen LogP contribution in [0.5, 0.6) is 5.75 Å². The average Bonchev–Trinajstić information content (AvgIpc) is 1.63. The molecule has 11 atom stereocenters. The van der Waals surface area contributed by atoms with Gasteiger partial charge in [-0.1, -0.05) is 26.0 Å². The predicted molar refractivity (Wildman–Crippen MR) is 364 cm³/mol. The molecule has 12 amide bonds. The summed E-state index contributed by atoms with van der Waals surface area (Å²) in [5.41, 5.74) is 39.4. The number of nitrogens with zero attached hydrogens (tertiary/aromatic N) is 3. The number of hydrogen-bond donors (Lipinski definition) is 22. The molecule has 1 aromatic rings. The van der Waals surface area contributed by atoms with E-state index in [1.807, 2.05) is 0 Å². The SMILES string of the molecule is CC(C)C[C@H](NC(=O)[C@H](Cc1ccc(O)cc1)NC(=O)[C@H](CCCCN)NC(=O)[C@H](CO)NC(=O)[C@H](CCCN=C(N)N)NC(=O)[C@H](CCC(N)=O)NC(=O)[C@H](CO)NC(=O)[C@@H]1CCCN1C(=O)[C@H](CCCN=C(N)N)NC(=O)[C@H](CCCCN)NC(=O)C1CCC(=O)N1)C(=O)O.O=C(O)C(F)(F)F. The summed E-state index contributed by atoms with van der Waals surface area (Å²) in [7, 11) is 0. The highest BCUT2D eigenvalue weighted by Gasteiger charge is 2.42. The van der Waals surface area contributed by atoms with Crippen LogP contribution in [0.4, 0.5) is 13.2 Å². The number of hydrogen-bond acceptors (Lipinski definition) is 21. The van der Waals surface area contributed by atoms with E-state index in [1.54, 1.807) is 13.8 Å². The molecule has 29 N–H and O–H groups in total. The smallest absolute Gasteiger partial charge is 0.490 e. The molecule has 0 saturated carbocycles. The number of benzene rings is 1. The Morgan fingerprint density at radius 1 is 0.558 bits per heavy atom. The molecule has 2 heterocycles. The van der Waals surface area contributed by atoms with Crippen LogP contribution in [0.3, 0.4) is 0 Å². The molecule has 2 aliphatic rings. The summed E-state index contributed by atoms with van der Waals surface area (Å²) >= 11 is 0. The van der Waals surface area contributed by atoms with E-state index in [2.05, 4.69) is 63.2 Å². The van der Waals surface area contributed by atoms with Gasteiger partial charge in [-0.15, -0.1) is 0 Å². The monoisotopic (exact) mass is 1490 g/mol. The number of aliphatic hydroxyl groups excluding tert-OH is 2. The number of nitrogens with two attached hydrogens (primary N) is 7. The standard InChI is InChI=1S/C60H100N20O17.C2HF3O2/c1-32(2)28-42(58(96)97)77-53(91)41(29-33-15-17-34(83)18-16-33)76-49(87)36(11-4-6-24-62)73-54(92)43(30-81)78-50(88)37(12-7-25-68-59(64)65)72-52(90)39(19-21-46(63)84)74-55(93)44(31-82)79-56(94)45-14-9-27-80(45)57(95)40(13-8-26-69-60(66)67)75-48(86)35(10-3-5-23-61)71-51(89)38-20-22-47(85)70-38;3-2(4,5)1(6)7/h15-18,32,35-45,81-83H,3-14,19-31,61-62H2,1-2H3,(H2,63,84)(H,70,85)(H,71,89)(H,72,90)(H,73,92)(H,74,93)(H,75,86)(H,76,87)(H,77,91)(H,78,88)(H,79,94)(H,96,97)(H4,64,65,68)(H4,66,67,69);(H,6,7)/t35-,36-,37-,38?,39-,40-,41-,42-,43-,44-,45-;/m0./s1. The molecule has 39 nitrogen and oxygen atoms in total. The number of nitrogens with one attached hydrogen (secondary N) is 10. The number of carbonyl (C=O) groups is 14. The van der Waals surface area contributed by atoms with Gasteiger partial charge < -0.3 is 124 Å². The number of guanidine groups is 2. The first-order valence-electron chi connectivity index (χ1n) is 33.6. The van der Waals surface area contributed by atoms with E-state index in [4.69, 9.17) is 50.0 Å². The Kier molecular flexibility index (Phi) is 40.1. The first kappa shape index (κ1) is 89.9. The van der Waals surface area contributed by atoms with E-state index in [0.717, 1.165) is 0 Å². The maximum atomic E-state index is 14.5. The van der Waals surface area contributed by atoms with Crippen LogP contribution in [0, 0.1) is 5.92 Å². The maximum Gasteiger partial charge on any atom is 0.490 e. The number of aliphatic carboxylic acids is 2. The molecule has 0 radical (unpaired) electrons. The Balaban J connectivity index is 0.00000497. The number of unbranched alkanes of at least 4 members (excludes halogenated alkanes) is 2. The Hall–Kier alpha value is -10.2. The minimum atomic E-state index is -5.08. The molecule has 0 aromatic heterocycles. The van der Waals surface area contributed by atoms with E-state index < -0.39 is 176 Å². The van der Waals surface area contributed by atoms with Crippen molar-refractivity contribution in [3.63, 3.8) is 0 Å². The van der Waals surface area contributed by atoms with Gasteiger partial charge in [0.05, 0.1) is 13.2 Å². The first-order valence-corrected chi connectivity index (χ1v) is 33.6. The summed E-state index contributed by atoms with van der Waals surface area (Å²) < 4.78 is 31.7. The van der Waals surface area contributed by atoms with E-state index in [-0.39, 0.29) is 146 Å². The minimum absolute atomic E-state index is 0.0125. The largest absolute Gasteiger partial charge is 0.508 e. The van der Waals surface area contributed by atoms with Gasteiger partial charge in [-0.3, -0.25) is 67.5 Å². The van der Waals surface area contributed by atoms with Gasteiger partial charge in [-0.2, -0.15) is 13.2 Å². The minimum Gasteiger partial charge on any atom is -0.508 e. The number of rotatable bonds is 45. The summed E-state index contributed by atoms with van der Waals surface area (Å²) in [6, 6.07) is -10.4. The number of alkyl halides is 3. The van der Waals surface area contributed by atoms with Crippen LogP contribution in [0.15, 0.2) is 34.3 Å². The van der Waals surface area contributed by atoms with Crippen LogP contribution in [0.25, 0.3) is 0 Å². The maximum absolute atomic E-state index is 14.5. The molecule has 1 aromatic carbocycles. The molecule has 584 valence electrons. The highest BCUT2D eigenvalue weighted by atomic mass is 19.4. The molecule has 104 heavy (non-hydrogen) atoms. The topological polar surface area (TPSA) is 671 Å². The number of aliphatic hydroxyl groups is 2. The molecule has 0 aliphatic carbocycles. The highest BCUT2D eigenvalue weighted by Crippen LogP contribution is 2.22. The molecular weight excluding hydrogens is 1390 g/mol. The van der Waals surface area contributed by atoms with Crippen molar-refractivity contribution in [1.82, 2.24) is 58.1 Å². The first-order chi connectivity index (χ1) is 49.0. The van der Waals surface area contributed by atoms with Crippen molar-refractivity contribution in [3.05, 3.63) is 29.8 Å². The number of amides is 12. The quantitative estimate of drug-likeness (QED) is 0.0164. The zero-order chi connectivity index (χ0) is 78.4. The van der Waals surface area contributed by atoms with Crippen molar-refractivity contribution in [2.75, 3.05) is 45.9 Å². The van der Waals surface area contributed by atoms with Crippen molar-refractivity contribution in [2.45, 2.75) is 202 Å². The fourth-order valence-electron chi connectivity index (χ4n) is 10.5. The van der Waals surface area contributed by atoms with Gasteiger partial charge in [0.1, 0.15) is 72.2 Å². The van der Waals surface area contributed by atoms with Gasteiger partial charge in [0.25, 0.3) is 0 Å². The fraction of sp³-hybridized carbons (Fsp3) is 0.645. The Labute approximate surface area is 596 Å². The fourth-order valence-corrected chi connectivity index (χ4v) is 10.5. The van der Waals surface area contributed by atoms with Crippen molar-refractivity contribution in [1.29, 1.82) is 0 Å². The summed E-state index contributed by atoms with van der Waals surface area (Å²) in [6.07, 6.45) is -4.47. The number of primary amides is 1. The average molecular weight is 1490 g/mol. The van der Waals surface area contributed by atoms with E-state index >= 15 is 0 Å². The molecular formula is C62H101F3N20O19. The molecule has 42 heteroatoms. The lowest BCUT2D eigenvalue weighted by Crippen LogP contribution is -2.61. The molecule has 2 saturated heterocycles. The second-order valence-electron chi connectivity index (χ2n) is 24.9. The molecule has 0 bridgehead atoms. The summed E-state index contributed by atoms with van der Waals surface area (Å²) in [5.74, 6) is -15.6. The van der Waals surface area contributed by atoms with E-state index in [9.17, 15) is 95.9 Å². The Bertz CT molecular complexity index is 3120. The van der Waals surface area contributed by atoms with Crippen LogP contribution >= 0.6 is 0 Å². The predicted octanol–water partition coefficient (Wildman–Crippen LogP) is -7.05. The lowest BCUT2D eigenvalue weighted by atomic mass is 10.0. The number of phenols is 1. The van der Waals surface area contributed by atoms with Crippen molar-refractivity contribution in [3.8, 4) is 5.75 Å². The molecule has 3 rings (SSSR count). The van der Waals surface area contributed by atoms with Crippen LogP contribution < -0.4 is 93.3 Å². The van der Waals surface area contributed by atoms with Gasteiger partial charge in [-0.25, -0.2) is 9.59 Å². The number of carbonyl (C=O) groups excluding carboxylic acids is 12. The second-order valence-corrected chi connectivity index (χ2v) is 24.9. The summed E-state index contributed by atoms with van der Waals surface area (Å²) in [6.45, 7) is 1.67. The number of aliphatic imine (C=N–C) groups is 2. The zero-order valence-corrected chi connectivity index (χ0v) is 57.9. The van der Waals surface area contributed by atoms with Gasteiger partial charge >= 0.3 is 18.1 Å². The third-order valence-electron chi connectivity index (χ3n) is 16.0. The van der Waals surface area contributed by atoms with Crippen LogP contribution in [0.1, 0.15) is 129 Å². The third-order valence-corrected chi connectivity index (χ3v) is 16.0. The molecule has 0 spiro atoms. The van der Waals surface area contributed by atoms with Crippen molar-refractivity contribution >= 4 is 94.7 Å². The number of halogens is 3. The van der Waals surface area contributed by atoms with E-state index in [1.165, 1.54) is 29.2 Å². The van der Waals surface area contributed by atoms with Gasteiger partial charge in [0.2, 0.25) is 70.9 Å². The Morgan fingerprint density at radius 2 is 0.962 bits per heavy atom. The number of aromatic hydroxyl groups is 1. The lowest BCUT2D eigenvalue weighted by molar-refractivity contribution is -0.192. The van der Waals surface area contributed by atoms with Crippen molar-refractivity contribution < 1.29 is 106 Å². The Morgan fingerprint density at radius 3 is 1.39 bits per heavy atom. The molecule has 1 unspecified atom stereocenters. The number of carboxylic acids is 2. The van der Waals surface area contributed by atoms with Crippen molar-refractivity contribution in [2.24, 2.45) is 56.0 Å². The number of phenolic OH excluding ortho intramolecular Hbond substituents is 1.